The molecule has 0 aliphatic carbocycles. The van der Waals surface area contributed by atoms with Crippen molar-refractivity contribution < 1.29 is 13.2 Å². The Labute approximate surface area is 127 Å². The number of thiophene rings is 1. The van der Waals surface area contributed by atoms with Crippen LogP contribution in [0.5, 0.6) is 0 Å². The minimum absolute atomic E-state index is 0.152. The van der Waals surface area contributed by atoms with Crippen LogP contribution in [0.25, 0.3) is 0 Å². The maximum absolute atomic E-state index is 12.4. The first kappa shape index (κ1) is 15.7. The number of hydrogen-bond acceptors (Lipinski definition) is 5. The largest absolute Gasteiger partial charge is 0.339 e. The van der Waals surface area contributed by atoms with Gasteiger partial charge in [-0.15, -0.1) is 11.3 Å². The van der Waals surface area contributed by atoms with Crippen molar-refractivity contribution in [3.05, 3.63) is 16.5 Å². The Morgan fingerprint density at radius 1 is 1.35 bits per heavy atom. The molecule has 6 nitrogen and oxygen atoms in total. The zero-order valence-electron chi connectivity index (χ0n) is 11.0. The third kappa shape index (κ3) is 3.15. The fraction of sp³-hybridized carbons (Fsp3) is 0.545. The molecule has 1 aromatic heterocycles. The van der Waals surface area contributed by atoms with Crippen molar-refractivity contribution in [3.8, 4) is 0 Å². The van der Waals surface area contributed by atoms with E-state index in [-0.39, 0.29) is 23.2 Å². The van der Waals surface area contributed by atoms with Gasteiger partial charge >= 0.3 is 0 Å². The normalized spacial score (nSPS) is 19.1. The lowest BCUT2D eigenvalue weighted by Crippen LogP contribution is -2.53. The van der Waals surface area contributed by atoms with Crippen molar-refractivity contribution in [1.29, 1.82) is 0 Å². The predicted octanol–water partition coefficient (Wildman–Crippen LogP) is 0.582. The molecule has 1 aliphatic heterocycles. The molecule has 1 saturated heterocycles. The molecule has 1 atom stereocenters. The second kappa shape index (κ2) is 5.98. The summed E-state index contributed by atoms with van der Waals surface area (Å²) in [7, 11) is -3.51. The van der Waals surface area contributed by atoms with Crippen LogP contribution in [0.1, 0.15) is 6.92 Å². The molecule has 20 heavy (non-hydrogen) atoms. The summed E-state index contributed by atoms with van der Waals surface area (Å²) in [4.78, 5) is 13.3. The monoisotopic (exact) mass is 337 g/mol. The van der Waals surface area contributed by atoms with Crippen LogP contribution in [0.4, 0.5) is 0 Å². The van der Waals surface area contributed by atoms with Crippen molar-refractivity contribution in [3.63, 3.8) is 0 Å². The van der Waals surface area contributed by atoms with Gasteiger partial charge in [0, 0.05) is 26.2 Å². The minimum Gasteiger partial charge on any atom is -0.339 e. The predicted molar refractivity (Wildman–Crippen MR) is 78.3 cm³/mol. The number of amides is 1. The number of carbonyl (C=O) groups is 1. The quantitative estimate of drug-likeness (QED) is 0.874. The van der Waals surface area contributed by atoms with Crippen molar-refractivity contribution in [1.82, 2.24) is 9.21 Å². The Morgan fingerprint density at radius 2 is 1.95 bits per heavy atom. The molecular weight excluding hydrogens is 322 g/mol. The molecule has 0 saturated carbocycles. The van der Waals surface area contributed by atoms with E-state index < -0.39 is 16.1 Å². The lowest BCUT2D eigenvalue weighted by Gasteiger charge is -2.34. The van der Waals surface area contributed by atoms with Gasteiger partial charge < -0.3 is 10.6 Å². The van der Waals surface area contributed by atoms with Crippen LogP contribution in [-0.4, -0.2) is 55.8 Å². The fourth-order valence-electron chi connectivity index (χ4n) is 2.00. The average Bonchev–Trinajstić information content (AvgIpc) is 2.85. The molecule has 2 N–H and O–H groups in total. The zero-order chi connectivity index (χ0) is 14.9. The molecule has 1 amide bonds. The summed E-state index contributed by atoms with van der Waals surface area (Å²) < 4.78 is 26.8. The van der Waals surface area contributed by atoms with Crippen LogP contribution in [0.2, 0.25) is 4.34 Å². The van der Waals surface area contributed by atoms with E-state index >= 15 is 0 Å². The van der Waals surface area contributed by atoms with Crippen LogP contribution in [0, 0.1) is 0 Å². The molecule has 0 radical (unpaired) electrons. The molecule has 9 heteroatoms. The highest BCUT2D eigenvalue weighted by molar-refractivity contribution is 7.91. The number of halogens is 1. The first-order chi connectivity index (χ1) is 9.32. The van der Waals surface area contributed by atoms with Crippen LogP contribution in [0.15, 0.2) is 16.3 Å². The highest BCUT2D eigenvalue weighted by Gasteiger charge is 2.31. The Balaban J connectivity index is 2.05. The molecule has 0 unspecified atom stereocenters. The third-order valence-electron chi connectivity index (χ3n) is 3.08. The Bertz CT molecular complexity index is 592. The molecule has 1 fully saturated rings. The molecule has 0 aromatic carbocycles. The summed E-state index contributed by atoms with van der Waals surface area (Å²) in [6.45, 7) is 2.89. The van der Waals surface area contributed by atoms with Crippen LogP contribution < -0.4 is 5.73 Å². The lowest BCUT2D eigenvalue weighted by molar-refractivity contribution is -0.133. The maximum Gasteiger partial charge on any atom is 0.252 e. The lowest BCUT2D eigenvalue weighted by atomic mass is 10.2. The van der Waals surface area contributed by atoms with E-state index in [0.29, 0.717) is 17.4 Å². The van der Waals surface area contributed by atoms with Crippen molar-refractivity contribution in [2.75, 3.05) is 26.2 Å². The summed E-state index contributed by atoms with van der Waals surface area (Å²) in [6, 6.07) is 2.51. The van der Waals surface area contributed by atoms with Crippen LogP contribution in [0.3, 0.4) is 0 Å². The third-order valence-corrected chi connectivity index (χ3v) is 6.68. The summed E-state index contributed by atoms with van der Waals surface area (Å²) in [5.74, 6) is -0.152. The number of piperazine rings is 1. The molecule has 2 heterocycles. The maximum atomic E-state index is 12.4. The first-order valence-corrected chi connectivity index (χ1v) is 8.75. The van der Waals surface area contributed by atoms with E-state index in [9.17, 15) is 13.2 Å². The molecule has 0 spiro atoms. The zero-order valence-corrected chi connectivity index (χ0v) is 13.3. The number of hydrogen-bond donors (Lipinski definition) is 1. The van der Waals surface area contributed by atoms with E-state index in [1.54, 1.807) is 17.9 Å². The standard InChI is InChI=1S/C11H16ClN3O3S2/c1-8(13)11(16)14-4-6-15(7-5-14)20(17,18)10-3-2-9(12)19-10/h2-3,8H,4-7,13H2,1H3/t8-/m0/s1. The Kier molecular flexibility index (Phi) is 4.70. The Morgan fingerprint density at radius 3 is 2.40 bits per heavy atom. The number of sulfonamides is 1. The molecule has 112 valence electrons. The number of rotatable bonds is 3. The number of nitrogens with two attached hydrogens (primary N) is 1. The smallest absolute Gasteiger partial charge is 0.252 e. The molecule has 1 aromatic rings. The van der Waals surface area contributed by atoms with E-state index in [0.717, 1.165) is 11.3 Å². The summed E-state index contributed by atoms with van der Waals surface area (Å²) >= 11 is 6.81. The molecule has 0 bridgehead atoms. The van der Waals surface area contributed by atoms with Gasteiger partial charge in [-0.1, -0.05) is 11.6 Å². The minimum atomic E-state index is -3.51. The van der Waals surface area contributed by atoms with Crippen molar-refractivity contribution in [2.24, 2.45) is 5.73 Å². The van der Waals surface area contributed by atoms with Crippen molar-refractivity contribution >= 4 is 38.9 Å². The number of carbonyl (C=O) groups excluding carboxylic acids is 1. The Hall–Kier alpha value is -0.670. The molecule has 1 aliphatic rings. The second-order valence-corrected chi connectivity index (χ2v) is 8.46. The van der Waals surface area contributed by atoms with Gasteiger partial charge in [0.15, 0.2) is 0 Å². The van der Waals surface area contributed by atoms with E-state index in [2.05, 4.69) is 0 Å². The number of nitrogens with zero attached hydrogens (tertiary/aromatic N) is 2. The van der Waals surface area contributed by atoms with E-state index in [4.69, 9.17) is 17.3 Å². The van der Waals surface area contributed by atoms with Gasteiger partial charge in [-0.3, -0.25) is 4.79 Å². The second-order valence-electron chi connectivity index (χ2n) is 4.58. The summed E-state index contributed by atoms with van der Waals surface area (Å²) in [5.41, 5.74) is 5.54. The van der Waals surface area contributed by atoms with Gasteiger partial charge in [-0.25, -0.2) is 8.42 Å². The topological polar surface area (TPSA) is 83.7 Å². The molecule has 2 rings (SSSR count). The fourth-order valence-corrected chi connectivity index (χ4v) is 5.06. The summed E-state index contributed by atoms with van der Waals surface area (Å²) in [6.07, 6.45) is 0. The highest BCUT2D eigenvalue weighted by atomic mass is 35.5. The summed E-state index contributed by atoms with van der Waals surface area (Å²) in [5, 5.41) is 0. The van der Waals surface area contributed by atoms with Gasteiger partial charge in [0.25, 0.3) is 10.0 Å². The highest BCUT2D eigenvalue weighted by Crippen LogP contribution is 2.28. The van der Waals surface area contributed by atoms with Crippen LogP contribution in [-0.2, 0) is 14.8 Å². The van der Waals surface area contributed by atoms with Crippen LogP contribution >= 0.6 is 22.9 Å². The van der Waals surface area contributed by atoms with Crippen molar-refractivity contribution in [2.45, 2.75) is 17.2 Å². The van der Waals surface area contributed by atoms with Gasteiger partial charge in [0.05, 0.1) is 10.4 Å². The molecular formula is C11H16ClN3O3S2. The average molecular weight is 338 g/mol. The van der Waals surface area contributed by atoms with Gasteiger partial charge in [0.2, 0.25) is 5.91 Å². The SMILES string of the molecule is C[C@H](N)C(=O)N1CCN(S(=O)(=O)c2ccc(Cl)s2)CC1. The van der Waals surface area contributed by atoms with Gasteiger partial charge in [-0.05, 0) is 19.1 Å². The van der Waals surface area contributed by atoms with Gasteiger partial charge in [0.1, 0.15) is 4.21 Å². The first-order valence-electron chi connectivity index (χ1n) is 6.12. The van der Waals surface area contributed by atoms with E-state index in [1.807, 2.05) is 0 Å². The van der Waals surface area contributed by atoms with Gasteiger partial charge in [-0.2, -0.15) is 4.31 Å². The van der Waals surface area contributed by atoms with E-state index in [1.165, 1.54) is 10.4 Å².